The number of phenolic OH excluding ortho intramolecular Hbond substituents is 1. The largest absolute Gasteiger partial charge is 0.508 e. The van der Waals surface area contributed by atoms with Crippen LogP contribution in [0.3, 0.4) is 0 Å². The number of hydrogen-bond donors (Lipinski definition) is 1. The average Bonchev–Trinajstić information content (AvgIpc) is 2.17. The minimum atomic E-state index is 0.322. The van der Waals surface area contributed by atoms with Gasteiger partial charge in [0.05, 0.1) is 0 Å². The Hall–Kier alpha value is -1.31. The first kappa shape index (κ1) is 11.7. The minimum Gasteiger partial charge on any atom is -0.508 e. The second kappa shape index (κ2) is 8.78. The van der Waals surface area contributed by atoms with Crippen LogP contribution in [0.4, 0.5) is 0 Å². The Balaban J connectivity index is 0.000000226. The summed E-state index contributed by atoms with van der Waals surface area (Å²) in [6.45, 7) is 2.07. The van der Waals surface area contributed by atoms with Crippen LogP contribution in [0.5, 0.6) is 5.75 Å². The molecule has 0 aliphatic heterocycles. The molecule has 0 heterocycles. The zero-order valence-corrected chi connectivity index (χ0v) is 7.94. The predicted molar refractivity (Wildman–Crippen MR) is 53.7 cm³/mol. The van der Waals surface area contributed by atoms with Crippen LogP contribution in [0, 0.1) is 0 Å². The molecule has 2 nitrogen and oxygen atoms in total. The normalized spacial score (nSPS) is 8.38. The number of hydrogen-bond acceptors (Lipinski definition) is 2. The van der Waals surface area contributed by atoms with Crippen molar-refractivity contribution in [2.45, 2.75) is 26.2 Å². The Labute approximate surface area is 79.2 Å². The maximum atomic E-state index is 9.56. The zero-order chi connectivity index (χ0) is 9.94. The number of aromatic hydroxyl groups is 1. The van der Waals surface area contributed by atoms with Crippen LogP contribution in [0.2, 0.25) is 0 Å². The van der Waals surface area contributed by atoms with Crippen LogP contribution in [-0.2, 0) is 4.79 Å². The van der Waals surface area contributed by atoms with E-state index in [-0.39, 0.29) is 0 Å². The molecule has 1 rings (SSSR count). The maximum absolute atomic E-state index is 9.56. The van der Waals surface area contributed by atoms with Crippen LogP contribution < -0.4 is 0 Å². The SMILES string of the molecule is CCCCC=O.Oc1ccccc1. The van der Waals surface area contributed by atoms with Gasteiger partial charge in [-0.1, -0.05) is 31.5 Å². The highest BCUT2D eigenvalue weighted by molar-refractivity contribution is 5.48. The fourth-order valence-corrected chi connectivity index (χ4v) is 0.715. The molecule has 0 aliphatic rings. The quantitative estimate of drug-likeness (QED) is 0.573. The number of rotatable bonds is 3. The van der Waals surface area contributed by atoms with Crippen molar-refractivity contribution in [3.05, 3.63) is 30.3 Å². The van der Waals surface area contributed by atoms with E-state index >= 15 is 0 Å². The summed E-state index contributed by atoms with van der Waals surface area (Å²) in [6, 6.07) is 8.71. The molecule has 0 unspecified atom stereocenters. The maximum Gasteiger partial charge on any atom is 0.119 e. The van der Waals surface area contributed by atoms with E-state index in [4.69, 9.17) is 5.11 Å². The van der Waals surface area contributed by atoms with Gasteiger partial charge in [0.2, 0.25) is 0 Å². The molecule has 0 bridgehead atoms. The van der Waals surface area contributed by atoms with Crippen molar-refractivity contribution in [3.63, 3.8) is 0 Å². The van der Waals surface area contributed by atoms with Crippen molar-refractivity contribution in [1.82, 2.24) is 0 Å². The fraction of sp³-hybridized carbons (Fsp3) is 0.364. The Morgan fingerprint density at radius 2 is 1.92 bits per heavy atom. The number of phenols is 1. The Morgan fingerprint density at radius 3 is 2.15 bits per heavy atom. The van der Waals surface area contributed by atoms with Crippen molar-refractivity contribution < 1.29 is 9.90 Å². The summed E-state index contributed by atoms with van der Waals surface area (Å²) < 4.78 is 0. The van der Waals surface area contributed by atoms with E-state index in [9.17, 15) is 4.79 Å². The van der Waals surface area contributed by atoms with Crippen LogP contribution >= 0.6 is 0 Å². The van der Waals surface area contributed by atoms with Crippen molar-refractivity contribution >= 4 is 6.29 Å². The standard InChI is InChI=1S/C6H6O.C5H10O/c7-6-4-2-1-3-5-6;1-2-3-4-5-6/h1-5,7H;5H,2-4H2,1H3. The van der Waals surface area contributed by atoms with Gasteiger partial charge in [0.15, 0.2) is 0 Å². The van der Waals surface area contributed by atoms with E-state index < -0.39 is 0 Å². The number of unbranched alkanes of at least 4 members (excludes halogenated alkanes) is 2. The van der Waals surface area contributed by atoms with E-state index in [1.54, 1.807) is 24.3 Å². The van der Waals surface area contributed by atoms with Crippen molar-refractivity contribution in [2.75, 3.05) is 0 Å². The molecule has 0 fully saturated rings. The lowest BCUT2D eigenvalue weighted by Gasteiger charge is -1.82. The Morgan fingerprint density at radius 1 is 1.31 bits per heavy atom. The average molecular weight is 180 g/mol. The molecule has 0 saturated heterocycles. The van der Waals surface area contributed by atoms with Crippen molar-refractivity contribution in [1.29, 1.82) is 0 Å². The van der Waals surface area contributed by atoms with Gasteiger partial charge < -0.3 is 9.90 Å². The molecule has 13 heavy (non-hydrogen) atoms. The van der Waals surface area contributed by atoms with Gasteiger partial charge in [0, 0.05) is 6.42 Å². The topological polar surface area (TPSA) is 37.3 Å². The lowest BCUT2D eigenvalue weighted by molar-refractivity contribution is -0.107. The summed E-state index contributed by atoms with van der Waals surface area (Å²) in [4.78, 5) is 9.56. The highest BCUT2D eigenvalue weighted by atomic mass is 16.3. The third kappa shape index (κ3) is 8.60. The summed E-state index contributed by atoms with van der Waals surface area (Å²) in [7, 11) is 0. The van der Waals surface area contributed by atoms with E-state index in [1.165, 1.54) is 0 Å². The van der Waals surface area contributed by atoms with Gasteiger partial charge in [-0.15, -0.1) is 0 Å². The van der Waals surface area contributed by atoms with E-state index in [0.29, 0.717) is 5.75 Å². The van der Waals surface area contributed by atoms with E-state index in [1.807, 2.05) is 6.07 Å². The van der Waals surface area contributed by atoms with Gasteiger partial charge in [-0.25, -0.2) is 0 Å². The minimum absolute atomic E-state index is 0.322. The van der Waals surface area contributed by atoms with Crippen LogP contribution in [0.25, 0.3) is 0 Å². The summed E-state index contributed by atoms with van der Waals surface area (Å²) in [6.07, 6.45) is 3.86. The number of aldehydes is 1. The van der Waals surface area contributed by atoms with Crippen molar-refractivity contribution in [3.8, 4) is 5.75 Å². The summed E-state index contributed by atoms with van der Waals surface area (Å²) in [5.74, 6) is 0.322. The molecule has 1 N–H and O–H groups in total. The third-order valence-corrected chi connectivity index (χ3v) is 1.43. The zero-order valence-electron chi connectivity index (χ0n) is 7.94. The van der Waals surface area contributed by atoms with E-state index in [2.05, 4.69) is 6.92 Å². The number of carbonyl (C=O) groups is 1. The molecule has 0 aliphatic carbocycles. The van der Waals surface area contributed by atoms with Crippen LogP contribution in [0.15, 0.2) is 30.3 Å². The first-order valence-electron chi connectivity index (χ1n) is 4.49. The molecule has 1 aromatic rings. The molecule has 0 aromatic heterocycles. The lowest BCUT2D eigenvalue weighted by Crippen LogP contribution is -1.70. The molecular formula is C11H16O2. The fourth-order valence-electron chi connectivity index (χ4n) is 0.715. The van der Waals surface area contributed by atoms with Crippen molar-refractivity contribution in [2.24, 2.45) is 0 Å². The Bertz CT molecular complexity index is 207. The molecule has 0 spiro atoms. The molecule has 1 aromatic carbocycles. The highest BCUT2D eigenvalue weighted by Gasteiger charge is 1.75. The number of benzene rings is 1. The van der Waals surface area contributed by atoms with Gasteiger partial charge in [0.25, 0.3) is 0 Å². The highest BCUT2D eigenvalue weighted by Crippen LogP contribution is 2.02. The first-order valence-corrected chi connectivity index (χ1v) is 4.49. The molecule has 72 valence electrons. The van der Waals surface area contributed by atoms with Gasteiger partial charge in [-0.05, 0) is 18.6 Å². The number of carbonyl (C=O) groups excluding carboxylic acids is 1. The second-order valence-electron chi connectivity index (χ2n) is 2.64. The predicted octanol–water partition coefficient (Wildman–Crippen LogP) is 2.77. The monoisotopic (exact) mass is 180 g/mol. The van der Waals surface area contributed by atoms with E-state index in [0.717, 1.165) is 25.5 Å². The molecule has 0 amide bonds. The van der Waals surface area contributed by atoms with Gasteiger partial charge in [-0.3, -0.25) is 0 Å². The number of para-hydroxylation sites is 1. The third-order valence-electron chi connectivity index (χ3n) is 1.43. The summed E-state index contributed by atoms with van der Waals surface area (Å²) in [5.41, 5.74) is 0. The van der Waals surface area contributed by atoms with Gasteiger partial charge >= 0.3 is 0 Å². The van der Waals surface area contributed by atoms with Crippen LogP contribution in [0.1, 0.15) is 26.2 Å². The molecular weight excluding hydrogens is 164 g/mol. The molecule has 0 saturated carbocycles. The lowest BCUT2D eigenvalue weighted by atomic mass is 10.3. The first-order chi connectivity index (χ1) is 6.31. The molecule has 0 radical (unpaired) electrons. The summed E-state index contributed by atoms with van der Waals surface area (Å²) >= 11 is 0. The summed E-state index contributed by atoms with van der Waals surface area (Å²) in [5, 5.41) is 8.63. The molecule has 2 heteroatoms. The van der Waals surface area contributed by atoms with Gasteiger partial charge in [-0.2, -0.15) is 0 Å². The second-order valence-corrected chi connectivity index (χ2v) is 2.64. The van der Waals surface area contributed by atoms with Gasteiger partial charge in [0.1, 0.15) is 12.0 Å². The van der Waals surface area contributed by atoms with Crippen LogP contribution in [-0.4, -0.2) is 11.4 Å². The Kier molecular flexibility index (Phi) is 7.90. The molecule has 0 atom stereocenters. The smallest absolute Gasteiger partial charge is 0.119 e.